The van der Waals surface area contributed by atoms with Crippen molar-refractivity contribution in [3.05, 3.63) is 40.9 Å². The second-order valence-electron chi connectivity index (χ2n) is 3.77. The minimum absolute atomic E-state index is 0.244. The average molecular weight is 281 g/mol. The Bertz CT molecular complexity index is 557. The maximum atomic E-state index is 12.0. The summed E-state index contributed by atoms with van der Waals surface area (Å²) in [5.41, 5.74) is 1.10. The van der Waals surface area contributed by atoms with Crippen molar-refractivity contribution in [2.75, 3.05) is 11.9 Å². The summed E-state index contributed by atoms with van der Waals surface area (Å²) in [4.78, 5) is 16.0. The van der Waals surface area contributed by atoms with Crippen LogP contribution in [-0.2, 0) is 6.54 Å². The zero-order chi connectivity index (χ0) is 13.7. The van der Waals surface area contributed by atoms with Gasteiger partial charge in [-0.3, -0.25) is 4.79 Å². The summed E-state index contributed by atoms with van der Waals surface area (Å²) in [5, 5.41) is 9.71. The van der Waals surface area contributed by atoms with Gasteiger partial charge in [0, 0.05) is 18.2 Å². The van der Waals surface area contributed by atoms with E-state index in [4.69, 9.17) is 11.6 Å². The zero-order valence-electron chi connectivity index (χ0n) is 10.3. The molecular weight excluding hydrogens is 268 g/mol. The minimum atomic E-state index is -0.244. The second-order valence-corrected chi connectivity index (χ2v) is 4.15. The van der Waals surface area contributed by atoms with Crippen LogP contribution >= 0.6 is 11.6 Å². The Hall–Kier alpha value is -2.08. The van der Waals surface area contributed by atoms with E-state index in [0.29, 0.717) is 30.2 Å². The van der Waals surface area contributed by atoms with Crippen LogP contribution in [0.15, 0.2) is 29.0 Å². The van der Waals surface area contributed by atoms with Crippen molar-refractivity contribution in [1.82, 2.24) is 15.5 Å². The first-order valence-electron chi connectivity index (χ1n) is 5.78. The fraction of sp³-hybridized carbons (Fsp3) is 0.250. The Kier molecular flexibility index (Phi) is 4.35. The highest BCUT2D eigenvalue weighted by atomic mass is 35.5. The summed E-state index contributed by atoms with van der Waals surface area (Å²) in [6.45, 7) is 2.94. The number of rotatable bonds is 5. The fourth-order valence-corrected chi connectivity index (χ4v) is 1.71. The number of aromatic nitrogens is 2. The van der Waals surface area contributed by atoms with Gasteiger partial charge in [-0.05, 0) is 19.1 Å². The lowest BCUT2D eigenvalue weighted by atomic mass is 10.2. The lowest BCUT2D eigenvalue weighted by Crippen LogP contribution is -2.23. The molecule has 6 nitrogen and oxygen atoms in total. The molecular formula is C12H13ClN4O2. The summed E-state index contributed by atoms with van der Waals surface area (Å²) in [6.07, 6.45) is 1.45. The van der Waals surface area contributed by atoms with Crippen LogP contribution in [0.2, 0.25) is 5.15 Å². The Morgan fingerprint density at radius 2 is 2.32 bits per heavy atom. The molecule has 19 heavy (non-hydrogen) atoms. The van der Waals surface area contributed by atoms with Crippen molar-refractivity contribution in [1.29, 1.82) is 0 Å². The zero-order valence-corrected chi connectivity index (χ0v) is 11.1. The van der Waals surface area contributed by atoms with E-state index in [9.17, 15) is 4.79 Å². The summed E-state index contributed by atoms with van der Waals surface area (Å²) in [6, 6.07) is 4.85. The summed E-state index contributed by atoms with van der Waals surface area (Å²) < 4.78 is 4.68. The third-order valence-electron chi connectivity index (χ3n) is 2.34. The van der Waals surface area contributed by atoms with Crippen LogP contribution in [0.25, 0.3) is 0 Å². The Balaban J connectivity index is 2.05. The van der Waals surface area contributed by atoms with E-state index in [0.717, 1.165) is 0 Å². The van der Waals surface area contributed by atoms with Gasteiger partial charge in [-0.25, -0.2) is 4.98 Å². The number of hydrogen-bond acceptors (Lipinski definition) is 5. The summed E-state index contributed by atoms with van der Waals surface area (Å²) in [5.74, 6) is 0.327. The number of anilines is 1. The van der Waals surface area contributed by atoms with Crippen LogP contribution in [0.4, 0.5) is 5.82 Å². The maximum Gasteiger partial charge on any atom is 0.251 e. The van der Waals surface area contributed by atoms with Crippen LogP contribution in [0.1, 0.15) is 23.0 Å². The number of carbonyl (C=O) groups excluding carboxylic acids is 1. The van der Waals surface area contributed by atoms with E-state index in [1.807, 2.05) is 6.92 Å². The predicted octanol–water partition coefficient (Wildman–Crippen LogP) is 2.08. The molecule has 2 aromatic heterocycles. The van der Waals surface area contributed by atoms with E-state index in [-0.39, 0.29) is 11.1 Å². The molecule has 0 radical (unpaired) electrons. The highest BCUT2D eigenvalue weighted by molar-refractivity contribution is 6.29. The molecule has 100 valence electrons. The molecule has 0 unspecified atom stereocenters. The molecule has 0 aliphatic rings. The van der Waals surface area contributed by atoms with Crippen LogP contribution < -0.4 is 10.6 Å². The third kappa shape index (κ3) is 3.69. The smallest absolute Gasteiger partial charge is 0.251 e. The summed E-state index contributed by atoms with van der Waals surface area (Å²) >= 11 is 5.87. The molecule has 2 N–H and O–H groups in total. The van der Waals surface area contributed by atoms with E-state index in [1.54, 1.807) is 12.1 Å². The van der Waals surface area contributed by atoms with Gasteiger partial charge in [0.05, 0.1) is 6.54 Å². The number of hydrogen-bond donors (Lipinski definition) is 2. The molecule has 0 aliphatic carbocycles. The number of nitrogens with one attached hydrogen (secondary N) is 2. The largest absolute Gasteiger partial charge is 0.370 e. The molecule has 0 saturated carbocycles. The SMILES string of the molecule is CCNc1cc(C(=O)NCc2ccon2)cc(Cl)n1. The van der Waals surface area contributed by atoms with Gasteiger partial charge in [-0.2, -0.15) is 0 Å². The monoisotopic (exact) mass is 280 g/mol. The van der Waals surface area contributed by atoms with Crippen molar-refractivity contribution in [2.45, 2.75) is 13.5 Å². The fourth-order valence-electron chi connectivity index (χ4n) is 1.50. The molecule has 0 bridgehead atoms. The molecule has 0 saturated heterocycles. The van der Waals surface area contributed by atoms with Gasteiger partial charge in [0.2, 0.25) is 0 Å². The highest BCUT2D eigenvalue weighted by Gasteiger charge is 2.09. The molecule has 0 aliphatic heterocycles. The van der Waals surface area contributed by atoms with Crippen molar-refractivity contribution >= 4 is 23.3 Å². The molecule has 2 aromatic rings. The van der Waals surface area contributed by atoms with Crippen LogP contribution in [0, 0.1) is 0 Å². The van der Waals surface area contributed by atoms with Crippen molar-refractivity contribution in [3.63, 3.8) is 0 Å². The van der Waals surface area contributed by atoms with E-state index >= 15 is 0 Å². The van der Waals surface area contributed by atoms with Gasteiger partial charge >= 0.3 is 0 Å². The topological polar surface area (TPSA) is 80.0 Å². The van der Waals surface area contributed by atoms with Gasteiger partial charge in [0.1, 0.15) is 22.9 Å². The lowest BCUT2D eigenvalue weighted by Gasteiger charge is -2.07. The molecule has 0 atom stereocenters. The molecule has 0 fully saturated rings. The first-order valence-corrected chi connectivity index (χ1v) is 6.15. The predicted molar refractivity (Wildman–Crippen MR) is 71.1 cm³/mol. The maximum absolute atomic E-state index is 12.0. The highest BCUT2D eigenvalue weighted by Crippen LogP contribution is 2.14. The Morgan fingerprint density at radius 1 is 1.47 bits per heavy atom. The summed E-state index contributed by atoms with van der Waals surface area (Å²) in [7, 11) is 0. The van der Waals surface area contributed by atoms with Gasteiger partial charge < -0.3 is 15.2 Å². The van der Waals surface area contributed by atoms with Crippen molar-refractivity contribution < 1.29 is 9.32 Å². The molecule has 7 heteroatoms. The van der Waals surface area contributed by atoms with Gasteiger partial charge in [-0.1, -0.05) is 16.8 Å². The van der Waals surface area contributed by atoms with Crippen LogP contribution in [-0.4, -0.2) is 22.6 Å². The lowest BCUT2D eigenvalue weighted by molar-refractivity contribution is 0.0950. The van der Waals surface area contributed by atoms with Gasteiger partial charge in [-0.15, -0.1) is 0 Å². The Morgan fingerprint density at radius 3 is 3.00 bits per heavy atom. The van der Waals surface area contributed by atoms with Gasteiger partial charge in [0.25, 0.3) is 5.91 Å². The molecule has 0 aromatic carbocycles. The first-order chi connectivity index (χ1) is 9.19. The van der Waals surface area contributed by atoms with Crippen molar-refractivity contribution in [3.8, 4) is 0 Å². The van der Waals surface area contributed by atoms with E-state index < -0.39 is 0 Å². The third-order valence-corrected chi connectivity index (χ3v) is 2.53. The number of amides is 1. The number of halogens is 1. The molecule has 2 heterocycles. The van der Waals surface area contributed by atoms with Crippen molar-refractivity contribution in [2.24, 2.45) is 0 Å². The molecule has 1 amide bonds. The van der Waals surface area contributed by atoms with E-state index in [1.165, 1.54) is 12.3 Å². The number of carbonyl (C=O) groups is 1. The average Bonchev–Trinajstić information content (AvgIpc) is 2.88. The van der Waals surface area contributed by atoms with Crippen LogP contribution in [0.5, 0.6) is 0 Å². The number of nitrogens with zero attached hydrogens (tertiary/aromatic N) is 2. The Labute approximate surface area is 115 Å². The molecule has 2 rings (SSSR count). The van der Waals surface area contributed by atoms with Crippen LogP contribution in [0.3, 0.4) is 0 Å². The van der Waals surface area contributed by atoms with E-state index in [2.05, 4.69) is 25.3 Å². The normalized spacial score (nSPS) is 10.2. The van der Waals surface area contributed by atoms with Gasteiger partial charge in [0.15, 0.2) is 0 Å². The molecule has 0 spiro atoms. The quantitative estimate of drug-likeness (QED) is 0.820. The number of pyridine rings is 1. The standard InChI is InChI=1S/C12H13ClN4O2/c1-2-14-11-6-8(5-10(13)16-11)12(18)15-7-9-3-4-19-17-9/h3-6H,2,7H2,1H3,(H,14,16)(H,15,18). The second kappa shape index (κ2) is 6.19. The first kappa shape index (κ1) is 13.4. The minimum Gasteiger partial charge on any atom is -0.370 e.